The van der Waals surface area contributed by atoms with E-state index in [1.165, 1.54) is 0 Å². The molecule has 2 amide bonds. The van der Waals surface area contributed by atoms with Gasteiger partial charge in [-0.25, -0.2) is 4.79 Å². The van der Waals surface area contributed by atoms with E-state index in [9.17, 15) is 9.59 Å². The molecule has 0 aliphatic carbocycles. The fourth-order valence-electron chi connectivity index (χ4n) is 3.62. The van der Waals surface area contributed by atoms with Crippen molar-refractivity contribution in [2.24, 2.45) is 0 Å². The van der Waals surface area contributed by atoms with Crippen LogP contribution < -0.4 is 10.2 Å². The van der Waals surface area contributed by atoms with E-state index in [0.717, 1.165) is 27.9 Å². The molecule has 3 rings (SSSR count). The molecule has 0 spiro atoms. The molecule has 5 nitrogen and oxygen atoms in total. The first-order chi connectivity index (χ1) is 12.6. The summed E-state index contributed by atoms with van der Waals surface area (Å²) >= 11 is 0. The van der Waals surface area contributed by atoms with Crippen LogP contribution in [0.4, 0.5) is 10.5 Å². The summed E-state index contributed by atoms with van der Waals surface area (Å²) in [7, 11) is 1.73. The van der Waals surface area contributed by atoms with Gasteiger partial charge in [0.25, 0.3) is 5.91 Å². The molecule has 1 aliphatic rings. The second-order valence-corrected chi connectivity index (χ2v) is 8.08. The highest BCUT2D eigenvalue weighted by molar-refractivity contribution is 6.11. The van der Waals surface area contributed by atoms with Crippen molar-refractivity contribution in [3.63, 3.8) is 0 Å². The van der Waals surface area contributed by atoms with Gasteiger partial charge in [0.05, 0.1) is 0 Å². The Bertz CT molecular complexity index is 914. The summed E-state index contributed by atoms with van der Waals surface area (Å²) in [6.07, 6.45) is -0.623. The van der Waals surface area contributed by atoms with E-state index < -0.39 is 17.2 Å². The monoisotopic (exact) mass is 366 g/mol. The van der Waals surface area contributed by atoms with Crippen LogP contribution >= 0.6 is 0 Å². The number of ether oxygens (including phenoxy) is 1. The molecule has 0 saturated heterocycles. The summed E-state index contributed by atoms with van der Waals surface area (Å²) in [5.74, 6) is -0.205. The van der Waals surface area contributed by atoms with E-state index in [2.05, 4.69) is 5.32 Å². The first-order valence-corrected chi connectivity index (χ1v) is 9.03. The zero-order valence-corrected chi connectivity index (χ0v) is 16.7. The van der Waals surface area contributed by atoms with Gasteiger partial charge in [-0.2, -0.15) is 0 Å². The van der Waals surface area contributed by atoms with E-state index in [1.807, 2.05) is 56.3 Å². The molecule has 142 valence electrons. The second-order valence-electron chi connectivity index (χ2n) is 8.08. The summed E-state index contributed by atoms with van der Waals surface area (Å²) in [6, 6.07) is 13.5. The van der Waals surface area contributed by atoms with Gasteiger partial charge in [0.1, 0.15) is 5.60 Å². The second kappa shape index (κ2) is 6.41. The minimum absolute atomic E-state index is 0.205. The standard InChI is InChI=1S/C22H26N2O3/c1-14-11-12-18-17(13-14)22(19(25)24(18)6,16-10-8-7-9-15(16)2)23-20(26)27-21(3,4)5/h7-13H,1-6H3,(H,23,26). The van der Waals surface area contributed by atoms with Crippen LogP contribution in [0.1, 0.15) is 43.0 Å². The van der Waals surface area contributed by atoms with Gasteiger partial charge in [0.2, 0.25) is 0 Å². The van der Waals surface area contributed by atoms with Crippen molar-refractivity contribution in [1.82, 2.24) is 5.32 Å². The summed E-state index contributed by atoms with van der Waals surface area (Å²) in [4.78, 5) is 27.8. The number of carbonyl (C=O) groups is 2. The highest BCUT2D eigenvalue weighted by atomic mass is 16.6. The zero-order chi connectivity index (χ0) is 20.0. The van der Waals surface area contributed by atoms with Crippen molar-refractivity contribution in [3.8, 4) is 0 Å². The normalized spacial score (nSPS) is 19.0. The van der Waals surface area contributed by atoms with Gasteiger partial charge in [-0.15, -0.1) is 0 Å². The fraction of sp³-hybridized carbons (Fsp3) is 0.364. The molecule has 1 unspecified atom stereocenters. The molecule has 0 fully saturated rings. The number of hydrogen-bond acceptors (Lipinski definition) is 3. The van der Waals surface area contributed by atoms with Crippen LogP contribution in [0.15, 0.2) is 42.5 Å². The summed E-state index contributed by atoms with van der Waals surface area (Å²) in [6.45, 7) is 9.31. The molecular formula is C22H26N2O3. The van der Waals surface area contributed by atoms with Gasteiger partial charge in [-0.1, -0.05) is 42.0 Å². The molecule has 0 aromatic heterocycles. The number of nitrogens with one attached hydrogen (secondary N) is 1. The van der Waals surface area contributed by atoms with Crippen molar-refractivity contribution >= 4 is 17.7 Å². The lowest BCUT2D eigenvalue weighted by molar-refractivity contribution is -0.122. The number of fused-ring (bicyclic) bond motifs is 1. The molecule has 0 bridgehead atoms. The number of likely N-dealkylation sites (N-methyl/N-ethyl adjacent to an activating group) is 1. The highest BCUT2D eigenvalue weighted by Gasteiger charge is 2.53. The van der Waals surface area contributed by atoms with Crippen LogP contribution in [0.2, 0.25) is 0 Å². The first kappa shape index (κ1) is 19.0. The molecule has 2 aromatic rings. The molecule has 1 aliphatic heterocycles. The van der Waals surface area contributed by atoms with E-state index in [-0.39, 0.29) is 5.91 Å². The first-order valence-electron chi connectivity index (χ1n) is 9.03. The Morgan fingerprint density at radius 1 is 1.07 bits per heavy atom. The van der Waals surface area contributed by atoms with E-state index in [0.29, 0.717) is 0 Å². The van der Waals surface area contributed by atoms with Crippen LogP contribution in [-0.2, 0) is 15.1 Å². The minimum Gasteiger partial charge on any atom is -0.444 e. The lowest BCUT2D eigenvalue weighted by Gasteiger charge is -2.32. The van der Waals surface area contributed by atoms with Crippen LogP contribution in [0, 0.1) is 13.8 Å². The third-order valence-corrected chi connectivity index (χ3v) is 4.78. The molecular weight excluding hydrogens is 340 g/mol. The Morgan fingerprint density at radius 2 is 1.74 bits per heavy atom. The minimum atomic E-state index is -1.32. The van der Waals surface area contributed by atoms with Gasteiger partial charge in [0.15, 0.2) is 5.54 Å². The largest absolute Gasteiger partial charge is 0.444 e. The van der Waals surface area contributed by atoms with E-state index in [1.54, 1.807) is 32.7 Å². The van der Waals surface area contributed by atoms with Crippen molar-refractivity contribution in [1.29, 1.82) is 0 Å². The SMILES string of the molecule is Cc1ccc2c(c1)C(NC(=O)OC(C)(C)C)(c1ccccc1C)C(=O)N2C. The highest BCUT2D eigenvalue weighted by Crippen LogP contribution is 2.45. The van der Waals surface area contributed by atoms with Crippen molar-refractivity contribution in [2.45, 2.75) is 45.8 Å². The lowest BCUT2D eigenvalue weighted by Crippen LogP contribution is -2.54. The number of anilines is 1. The Morgan fingerprint density at radius 3 is 2.37 bits per heavy atom. The Balaban J connectivity index is 2.24. The maximum atomic E-state index is 13.5. The average Bonchev–Trinajstić information content (AvgIpc) is 2.76. The molecule has 1 N–H and O–H groups in total. The topological polar surface area (TPSA) is 58.6 Å². The summed E-state index contributed by atoms with van der Waals surface area (Å²) in [5, 5.41) is 2.92. The zero-order valence-electron chi connectivity index (χ0n) is 16.7. The molecule has 1 heterocycles. The number of amides is 2. The fourth-order valence-corrected chi connectivity index (χ4v) is 3.62. The van der Waals surface area contributed by atoms with Gasteiger partial charge in [-0.3, -0.25) is 10.1 Å². The predicted molar refractivity (Wildman–Crippen MR) is 106 cm³/mol. The average molecular weight is 366 g/mol. The van der Waals surface area contributed by atoms with Crippen molar-refractivity contribution in [2.75, 3.05) is 11.9 Å². The van der Waals surface area contributed by atoms with E-state index in [4.69, 9.17) is 4.74 Å². The van der Waals surface area contributed by atoms with Crippen molar-refractivity contribution < 1.29 is 14.3 Å². The lowest BCUT2D eigenvalue weighted by atomic mass is 9.81. The summed E-state index contributed by atoms with van der Waals surface area (Å²) < 4.78 is 5.49. The Hall–Kier alpha value is -2.82. The number of carbonyl (C=O) groups excluding carboxylic acids is 2. The molecule has 27 heavy (non-hydrogen) atoms. The number of alkyl carbamates (subject to hydrolysis) is 1. The third-order valence-electron chi connectivity index (χ3n) is 4.78. The van der Waals surface area contributed by atoms with Gasteiger partial charge in [-0.05, 0) is 51.8 Å². The predicted octanol–water partition coefficient (Wildman–Crippen LogP) is 4.05. The van der Waals surface area contributed by atoms with E-state index >= 15 is 0 Å². The van der Waals surface area contributed by atoms with Crippen LogP contribution in [0.5, 0.6) is 0 Å². The van der Waals surface area contributed by atoms with Crippen LogP contribution in [0.25, 0.3) is 0 Å². The van der Waals surface area contributed by atoms with Gasteiger partial charge < -0.3 is 9.64 Å². The van der Waals surface area contributed by atoms with Gasteiger partial charge >= 0.3 is 6.09 Å². The molecule has 0 radical (unpaired) electrons. The summed E-state index contributed by atoms with van der Waals surface area (Å²) in [5.41, 5.74) is 2.24. The smallest absolute Gasteiger partial charge is 0.409 e. The Labute approximate surface area is 160 Å². The molecule has 0 saturated carbocycles. The third kappa shape index (κ3) is 3.18. The quantitative estimate of drug-likeness (QED) is 0.872. The number of rotatable bonds is 2. The number of benzene rings is 2. The molecule has 1 atom stereocenters. The Kier molecular flexibility index (Phi) is 4.50. The van der Waals surface area contributed by atoms with Gasteiger partial charge in [0, 0.05) is 18.3 Å². The number of aryl methyl sites for hydroxylation is 2. The maximum absolute atomic E-state index is 13.5. The maximum Gasteiger partial charge on any atom is 0.409 e. The number of nitrogens with zero attached hydrogens (tertiary/aromatic N) is 1. The van der Waals surface area contributed by atoms with Crippen LogP contribution in [-0.4, -0.2) is 24.6 Å². The molecule has 2 aromatic carbocycles. The van der Waals surface area contributed by atoms with Crippen molar-refractivity contribution in [3.05, 3.63) is 64.7 Å². The molecule has 5 heteroatoms. The van der Waals surface area contributed by atoms with Crippen LogP contribution in [0.3, 0.4) is 0 Å². The number of hydrogen-bond donors (Lipinski definition) is 1.